The van der Waals surface area contributed by atoms with Crippen molar-refractivity contribution in [3.63, 3.8) is 0 Å². The van der Waals surface area contributed by atoms with Crippen LogP contribution in [0.3, 0.4) is 0 Å². The van der Waals surface area contributed by atoms with Crippen molar-refractivity contribution in [2.45, 2.75) is 32.7 Å². The molecule has 2 rings (SSSR count). The van der Waals surface area contributed by atoms with Gasteiger partial charge in [0.25, 0.3) is 0 Å². The smallest absolute Gasteiger partial charge is 0.212 e. The summed E-state index contributed by atoms with van der Waals surface area (Å²) in [7, 11) is -3.20. The largest absolute Gasteiger partial charge is 0.399 e. The molecule has 100 valence electrons. The fraction of sp³-hybridized carbons (Fsp3) is 0.538. The maximum absolute atomic E-state index is 11.9. The third-order valence-corrected chi connectivity index (χ3v) is 4.87. The minimum atomic E-state index is -3.20. The van der Waals surface area contributed by atoms with Crippen LogP contribution in [0.2, 0.25) is 0 Å². The molecule has 1 atom stereocenters. The molecule has 0 saturated heterocycles. The van der Waals surface area contributed by atoms with Gasteiger partial charge in [-0.25, -0.2) is 13.1 Å². The Balaban J connectivity index is 2.15. The highest BCUT2D eigenvalue weighted by atomic mass is 32.2. The summed E-state index contributed by atoms with van der Waals surface area (Å²) in [5.41, 5.74) is 8.69. The molecule has 0 amide bonds. The van der Waals surface area contributed by atoms with Crippen LogP contribution in [0.15, 0.2) is 18.2 Å². The molecule has 1 aliphatic rings. The number of aryl methyl sites for hydroxylation is 1. The molecule has 1 aromatic carbocycles. The number of anilines is 1. The third-order valence-electron chi connectivity index (χ3n) is 3.12. The fourth-order valence-corrected chi connectivity index (χ4v) is 4.12. The lowest BCUT2D eigenvalue weighted by Crippen LogP contribution is -2.31. The summed E-state index contributed by atoms with van der Waals surface area (Å²) in [5.74, 6) is 0.308. The normalized spacial score (nSPS) is 19.2. The predicted molar refractivity (Wildman–Crippen MR) is 73.7 cm³/mol. The van der Waals surface area contributed by atoms with Crippen LogP contribution in [0.25, 0.3) is 0 Å². The van der Waals surface area contributed by atoms with Gasteiger partial charge in [0.15, 0.2) is 0 Å². The van der Waals surface area contributed by atoms with Gasteiger partial charge in [-0.3, -0.25) is 0 Å². The average Bonchev–Trinajstić information content (AvgIpc) is 2.57. The molecule has 4 nitrogen and oxygen atoms in total. The lowest BCUT2D eigenvalue weighted by molar-refractivity contribution is 0.544. The van der Waals surface area contributed by atoms with Gasteiger partial charge >= 0.3 is 0 Å². The Morgan fingerprint density at radius 1 is 1.44 bits per heavy atom. The summed E-state index contributed by atoms with van der Waals surface area (Å²) in [5, 5.41) is 0. The second kappa shape index (κ2) is 4.90. The van der Waals surface area contributed by atoms with E-state index in [0.29, 0.717) is 0 Å². The van der Waals surface area contributed by atoms with E-state index in [1.165, 1.54) is 0 Å². The molecule has 0 radical (unpaired) electrons. The van der Waals surface area contributed by atoms with Crippen LogP contribution in [0, 0.1) is 5.92 Å². The molecule has 0 aromatic heterocycles. The summed E-state index contributed by atoms with van der Waals surface area (Å²) in [4.78, 5) is 0. The second-order valence-electron chi connectivity index (χ2n) is 5.34. The van der Waals surface area contributed by atoms with E-state index in [2.05, 4.69) is 4.72 Å². The van der Waals surface area contributed by atoms with E-state index in [1.54, 1.807) is 0 Å². The summed E-state index contributed by atoms with van der Waals surface area (Å²) in [6.07, 6.45) is 1.70. The molecule has 1 aromatic rings. The van der Waals surface area contributed by atoms with Crippen LogP contribution in [0.4, 0.5) is 5.69 Å². The molecule has 0 fully saturated rings. The van der Waals surface area contributed by atoms with Crippen LogP contribution in [-0.2, 0) is 16.4 Å². The average molecular weight is 268 g/mol. The fourth-order valence-electron chi connectivity index (χ4n) is 2.46. The number of nitrogens with one attached hydrogen (secondary N) is 1. The highest BCUT2D eigenvalue weighted by Gasteiger charge is 2.26. The Morgan fingerprint density at radius 2 is 2.17 bits per heavy atom. The van der Waals surface area contributed by atoms with Crippen LogP contribution >= 0.6 is 0 Å². The maximum Gasteiger partial charge on any atom is 0.212 e. The Labute approximate surface area is 109 Å². The summed E-state index contributed by atoms with van der Waals surface area (Å²) < 4.78 is 26.7. The Hall–Kier alpha value is -1.07. The van der Waals surface area contributed by atoms with Crippen LogP contribution < -0.4 is 10.5 Å². The minimum Gasteiger partial charge on any atom is -0.399 e. The zero-order chi connectivity index (χ0) is 13.3. The van der Waals surface area contributed by atoms with Crippen LogP contribution in [0.1, 0.15) is 37.4 Å². The van der Waals surface area contributed by atoms with Crippen molar-refractivity contribution < 1.29 is 8.42 Å². The Morgan fingerprint density at radius 3 is 2.83 bits per heavy atom. The number of fused-ring (bicyclic) bond motifs is 1. The molecule has 0 saturated carbocycles. The van der Waals surface area contributed by atoms with Gasteiger partial charge in [-0.2, -0.15) is 0 Å². The van der Waals surface area contributed by atoms with E-state index in [4.69, 9.17) is 5.73 Å². The van der Waals surface area contributed by atoms with Crippen molar-refractivity contribution in [2.75, 3.05) is 11.5 Å². The SMILES string of the molecule is CC(C)CS(=O)(=O)NC1CCc2cc(N)ccc21. The van der Waals surface area contributed by atoms with Gasteiger partial charge in [0, 0.05) is 11.7 Å². The van der Waals surface area contributed by atoms with E-state index in [9.17, 15) is 8.42 Å². The molecule has 3 N–H and O–H groups in total. The summed E-state index contributed by atoms with van der Waals surface area (Å²) in [6.45, 7) is 3.81. The predicted octanol–water partition coefficient (Wildman–Crippen LogP) is 1.83. The van der Waals surface area contributed by atoms with Crippen LogP contribution in [-0.4, -0.2) is 14.2 Å². The zero-order valence-electron chi connectivity index (χ0n) is 10.8. The van der Waals surface area contributed by atoms with E-state index >= 15 is 0 Å². The molecule has 18 heavy (non-hydrogen) atoms. The lowest BCUT2D eigenvalue weighted by atomic mass is 10.1. The molecule has 0 heterocycles. The van der Waals surface area contributed by atoms with Crippen molar-refractivity contribution in [3.05, 3.63) is 29.3 Å². The quantitative estimate of drug-likeness (QED) is 0.818. The van der Waals surface area contributed by atoms with E-state index in [-0.39, 0.29) is 17.7 Å². The number of hydrogen-bond acceptors (Lipinski definition) is 3. The van der Waals surface area contributed by atoms with Gasteiger partial charge in [-0.1, -0.05) is 19.9 Å². The molecule has 1 aliphatic carbocycles. The van der Waals surface area contributed by atoms with Gasteiger partial charge in [0.2, 0.25) is 10.0 Å². The second-order valence-corrected chi connectivity index (χ2v) is 7.14. The summed E-state index contributed by atoms with van der Waals surface area (Å²) >= 11 is 0. The number of hydrogen-bond donors (Lipinski definition) is 2. The van der Waals surface area contributed by atoms with Gasteiger partial charge < -0.3 is 5.73 Å². The van der Waals surface area contributed by atoms with E-state index in [1.807, 2.05) is 32.0 Å². The summed E-state index contributed by atoms with van der Waals surface area (Å²) in [6, 6.07) is 5.60. The van der Waals surface area contributed by atoms with Gasteiger partial charge in [-0.05, 0) is 42.0 Å². The number of rotatable bonds is 4. The van der Waals surface area contributed by atoms with Gasteiger partial charge in [-0.15, -0.1) is 0 Å². The molecular weight excluding hydrogens is 248 g/mol. The Kier molecular flexibility index (Phi) is 3.64. The molecule has 5 heteroatoms. The molecule has 0 bridgehead atoms. The molecular formula is C13H20N2O2S. The van der Waals surface area contributed by atoms with Crippen molar-refractivity contribution in [1.82, 2.24) is 4.72 Å². The molecule has 1 unspecified atom stereocenters. The third kappa shape index (κ3) is 3.03. The highest BCUT2D eigenvalue weighted by molar-refractivity contribution is 7.89. The van der Waals surface area contributed by atoms with Crippen molar-refractivity contribution >= 4 is 15.7 Å². The van der Waals surface area contributed by atoms with Gasteiger partial charge in [0.05, 0.1) is 5.75 Å². The number of nitrogen functional groups attached to an aromatic ring is 1. The maximum atomic E-state index is 11.9. The topological polar surface area (TPSA) is 72.2 Å². The molecule has 0 spiro atoms. The minimum absolute atomic E-state index is 0.0932. The lowest BCUT2D eigenvalue weighted by Gasteiger charge is -2.15. The standard InChI is InChI=1S/C13H20N2O2S/c1-9(2)8-18(16,17)15-13-6-3-10-7-11(14)4-5-12(10)13/h4-5,7,9,13,15H,3,6,8,14H2,1-2H3. The number of nitrogens with two attached hydrogens (primary N) is 1. The monoisotopic (exact) mass is 268 g/mol. The van der Waals surface area contributed by atoms with Crippen LogP contribution in [0.5, 0.6) is 0 Å². The first-order chi connectivity index (χ1) is 8.37. The highest BCUT2D eigenvalue weighted by Crippen LogP contribution is 2.32. The Bertz CT molecular complexity index is 538. The van der Waals surface area contributed by atoms with Crippen molar-refractivity contribution in [1.29, 1.82) is 0 Å². The number of benzene rings is 1. The number of sulfonamides is 1. The zero-order valence-corrected chi connectivity index (χ0v) is 11.6. The van der Waals surface area contributed by atoms with Gasteiger partial charge in [0.1, 0.15) is 0 Å². The van der Waals surface area contributed by atoms with Crippen molar-refractivity contribution in [2.24, 2.45) is 5.92 Å². The first kappa shape index (κ1) is 13.4. The van der Waals surface area contributed by atoms with E-state index < -0.39 is 10.0 Å². The molecule has 0 aliphatic heterocycles. The van der Waals surface area contributed by atoms with Crippen molar-refractivity contribution in [3.8, 4) is 0 Å². The van der Waals surface area contributed by atoms with E-state index in [0.717, 1.165) is 29.7 Å². The first-order valence-electron chi connectivity index (χ1n) is 6.25. The first-order valence-corrected chi connectivity index (χ1v) is 7.91.